The molecule has 2 N–H and O–H groups in total. The van der Waals surface area contributed by atoms with Crippen molar-refractivity contribution in [2.75, 3.05) is 30.4 Å². The van der Waals surface area contributed by atoms with Crippen molar-refractivity contribution < 1.29 is 13.2 Å². The number of sulfone groups is 1. The molecule has 0 spiro atoms. The molecule has 0 radical (unpaired) electrons. The van der Waals surface area contributed by atoms with Gasteiger partial charge in [-0.05, 0) is 25.5 Å². The highest BCUT2D eigenvalue weighted by molar-refractivity contribution is 7.90. The van der Waals surface area contributed by atoms with E-state index >= 15 is 0 Å². The van der Waals surface area contributed by atoms with Crippen molar-refractivity contribution in [3.63, 3.8) is 0 Å². The first-order valence-electron chi connectivity index (χ1n) is 6.20. The highest BCUT2D eigenvalue weighted by atomic mass is 35.5. The topological polar surface area (TPSA) is 88.2 Å². The second-order valence-electron chi connectivity index (χ2n) is 4.30. The Balaban J connectivity index is 2.60. The molecule has 8 heteroatoms. The average molecular weight is 320 g/mol. The van der Waals surface area contributed by atoms with Crippen LogP contribution >= 0.6 is 11.6 Å². The van der Waals surface area contributed by atoms with E-state index in [0.717, 1.165) is 6.26 Å². The summed E-state index contributed by atoms with van der Waals surface area (Å²) in [5.74, 6) is 0.188. The first-order valence-corrected chi connectivity index (χ1v) is 8.63. The summed E-state index contributed by atoms with van der Waals surface area (Å²) in [7, 11) is -3.01. The fourth-order valence-electron chi connectivity index (χ4n) is 1.50. The molecule has 0 aliphatic carbocycles. The molecule has 1 rings (SSSR count). The normalized spacial score (nSPS) is 11.2. The lowest BCUT2D eigenvalue weighted by Crippen LogP contribution is -2.27. The van der Waals surface area contributed by atoms with Crippen LogP contribution in [0.1, 0.15) is 23.8 Å². The Morgan fingerprint density at radius 3 is 2.70 bits per heavy atom. The molecule has 6 nitrogen and oxygen atoms in total. The Morgan fingerprint density at radius 1 is 1.40 bits per heavy atom. The zero-order valence-electron chi connectivity index (χ0n) is 11.4. The van der Waals surface area contributed by atoms with Crippen molar-refractivity contribution in [3.8, 4) is 0 Å². The van der Waals surface area contributed by atoms with Crippen LogP contribution in [0.2, 0.25) is 5.02 Å². The lowest BCUT2D eigenvalue weighted by atomic mass is 10.3. The summed E-state index contributed by atoms with van der Waals surface area (Å²) in [6.45, 7) is 2.86. The molecule has 0 aromatic carbocycles. The predicted molar refractivity (Wildman–Crippen MR) is 80.1 cm³/mol. The molecule has 0 aliphatic rings. The van der Waals surface area contributed by atoms with Crippen LogP contribution in [-0.4, -0.2) is 44.4 Å². The van der Waals surface area contributed by atoms with Gasteiger partial charge in [0.2, 0.25) is 0 Å². The number of nitrogens with zero attached hydrogens (tertiary/aromatic N) is 1. The summed E-state index contributed by atoms with van der Waals surface area (Å²) in [5, 5.41) is 5.85. The third kappa shape index (κ3) is 5.75. The lowest BCUT2D eigenvalue weighted by molar-refractivity contribution is 0.0949. The molecular weight excluding hydrogens is 302 g/mol. The quantitative estimate of drug-likeness (QED) is 0.740. The Morgan fingerprint density at radius 2 is 2.10 bits per heavy atom. The second-order valence-corrected chi connectivity index (χ2v) is 6.96. The SMILES string of the molecule is CCNc1ccc(Cl)c(C(=O)NCCCS(C)(=O)=O)n1. The Bertz CT molecular complexity index is 575. The van der Waals surface area contributed by atoms with Crippen molar-refractivity contribution >= 4 is 33.2 Å². The minimum atomic E-state index is -3.01. The smallest absolute Gasteiger partial charge is 0.271 e. The summed E-state index contributed by atoms with van der Waals surface area (Å²) in [6.07, 6.45) is 1.52. The van der Waals surface area contributed by atoms with Crippen molar-refractivity contribution in [1.29, 1.82) is 0 Å². The second kappa shape index (κ2) is 7.44. The molecule has 0 bridgehead atoms. The van der Waals surface area contributed by atoms with E-state index in [9.17, 15) is 13.2 Å². The minimum absolute atomic E-state index is 0.0336. The van der Waals surface area contributed by atoms with E-state index < -0.39 is 15.7 Å². The third-order valence-electron chi connectivity index (χ3n) is 2.40. The van der Waals surface area contributed by atoms with E-state index in [1.165, 1.54) is 0 Å². The molecule has 0 fully saturated rings. The van der Waals surface area contributed by atoms with Gasteiger partial charge in [0.1, 0.15) is 21.3 Å². The largest absolute Gasteiger partial charge is 0.370 e. The molecule has 112 valence electrons. The molecule has 1 heterocycles. The number of hydrogen-bond acceptors (Lipinski definition) is 5. The first-order chi connectivity index (χ1) is 9.33. The summed E-state index contributed by atoms with van der Waals surface area (Å²) in [4.78, 5) is 16.0. The van der Waals surface area contributed by atoms with E-state index in [4.69, 9.17) is 11.6 Å². The molecule has 1 aromatic rings. The highest BCUT2D eigenvalue weighted by Crippen LogP contribution is 2.16. The number of anilines is 1. The van der Waals surface area contributed by atoms with Gasteiger partial charge < -0.3 is 10.6 Å². The Hall–Kier alpha value is -1.34. The van der Waals surface area contributed by atoms with Gasteiger partial charge in [-0.15, -0.1) is 0 Å². The molecule has 0 atom stereocenters. The maximum atomic E-state index is 11.9. The fourth-order valence-corrected chi connectivity index (χ4v) is 2.36. The number of nitrogens with one attached hydrogen (secondary N) is 2. The van der Waals surface area contributed by atoms with Gasteiger partial charge in [0.25, 0.3) is 5.91 Å². The standard InChI is InChI=1S/C12H18ClN3O3S/c1-3-14-10-6-5-9(13)11(16-10)12(17)15-7-4-8-20(2,18)19/h5-6H,3-4,7-8H2,1-2H3,(H,14,16)(H,15,17). The fraction of sp³-hybridized carbons (Fsp3) is 0.500. The number of amides is 1. The van der Waals surface area contributed by atoms with Gasteiger partial charge in [-0.1, -0.05) is 11.6 Å². The first kappa shape index (κ1) is 16.7. The Labute approximate surface area is 123 Å². The van der Waals surface area contributed by atoms with Crippen molar-refractivity contribution in [1.82, 2.24) is 10.3 Å². The summed E-state index contributed by atoms with van der Waals surface area (Å²) in [5.41, 5.74) is 0.129. The summed E-state index contributed by atoms with van der Waals surface area (Å²) < 4.78 is 21.9. The summed E-state index contributed by atoms with van der Waals surface area (Å²) >= 11 is 5.93. The zero-order chi connectivity index (χ0) is 15.2. The van der Waals surface area contributed by atoms with E-state index in [0.29, 0.717) is 18.8 Å². The molecule has 0 unspecified atom stereocenters. The van der Waals surface area contributed by atoms with Crippen LogP contribution < -0.4 is 10.6 Å². The van der Waals surface area contributed by atoms with Gasteiger partial charge in [-0.3, -0.25) is 4.79 Å². The summed E-state index contributed by atoms with van der Waals surface area (Å²) in [6, 6.07) is 3.28. The molecular formula is C12H18ClN3O3S. The van der Waals surface area contributed by atoms with Gasteiger partial charge in [0.15, 0.2) is 0 Å². The molecule has 0 saturated heterocycles. The third-order valence-corrected chi connectivity index (χ3v) is 3.73. The van der Waals surface area contributed by atoms with Gasteiger partial charge >= 0.3 is 0 Å². The van der Waals surface area contributed by atoms with Crippen molar-refractivity contribution in [2.45, 2.75) is 13.3 Å². The molecule has 0 aliphatic heterocycles. The van der Waals surface area contributed by atoms with Crippen molar-refractivity contribution in [2.24, 2.45) is 0 Å². The maximum Gasteiger partial charge on any atom is 0.271 e. The number of hydrogen-bond donors (Lipinski definition) is 2. The monoisotopic (exact) mass is 319 g/mol. The van der Waals surface area contributed by atoms with Crippen LogP contribution in [-0.2, 0) is 9.84 Å². The van der Waals surface area contributed by atoms with Gasteiger partial charge in [0, 0.05) is 19.3 Å². The van der Waals surface area contributed by atoms with Crippen molar-refractivity contribution in [3.05, 3.63) is 22.8 Å². The van der Waals surface area contributed by atoms with Crippen LogP contribution in [0.3, 0.4) is 0 Å². The predicted octanol–water partition coefficient (Wildman–Crippen LogP) is 1.33. The number of carbonyl (C=O) groups excluding carboxylic acids is 1. The molecule has 1 amide bonds. The molecule has 1 aromatic heterocycles. The Kier molecular flexibility index (Phi) is 6.22. The van der Waals surface area contributed by atoms with E-state index in [2.05, 4.69) is 15.6 Å². The minimum Gasteiger partial charge on any atom is -0.370 e. The number of pyridine rings is 1. The van der Waals surface area contributed by atoms with Crippen LogP contribution in [0.15, 0.2) is 12.1 Å². The van der Waals surface area contributed by atoms with Gasteiger partial charge in [-0.25, -0.2) is 13.4 Å². The van der Waals surface area contributed by atoms with Gasteiger partial charge in [0.05, 0.1) is 10.8 Å². The van der Waals surface area contributed by atoms with Crippen LogP contribution in [0.4, 0.5) is 5.82 Å². The lowest BCUT2D eigenvalue weighted by Gasteiger charge is -2.08. The van der Waals surface area contributed by atoms with Crippen LogP contribution in [0.5, 0.6) is 0 Å². The van der Waals surface area contributed by atoms with E-state index in [1.54, 1.807) is 12.1 Å². The number of halogens is 1. The molecule has 0 saturated carbocycles. The molecule has 20 heavy (non-hydrogen) atoms. The van der Waals surface area contributed by atoms with Gasteiger partial charge in [-0.2, -0.15) is 0 Å². The average Bonchev–Trinajstić information content (AvgIpc) is 2.36. The maximum absolute atomic E-state index is 11.9. The van der Waals surface area contributed by atoms with E-state index in [-0.39, 0.29) is 23.0 Å². The van der Waals surface area contributed by atoms with E-state index in [1.807, 2.05) is 6.92 Å². The van der Waals surface area contributed by atoms with Crippen LogP contribution in [0.25, 0.3) is 0 Å². The number of aromatic nitrogens is 1. The zero-order valence-corrected chi connectivity index (χ0v) is 13.0. The highest BCUT2D eigenvalue weighted by Gasteiger charge is 2.13. The number of carbonyl (C=O) groups is 1. The van der Waals surface area contributed by atoms with Crippen LogP contribution in [0, 0.1) is 0 Å². The number of rotatable bonds is 7.